The van der Waals surface area contributed by atoms with E-state index in [0.29, 0.717) is 13.0 Å². The molecule has 1 heterocycles. The van der Waals surface area contributed by atoms with Crippen LogP contribution in [0.4, 0.5) is 0 Å². The molecule has 0 amide bonds. The number of rotatable bonds is 16. The fraction of sp³-hybridized carbons (Fsp3) is 0.643. The molecule has 0 aromatic heterocycles. The molecule has 0 bridgehead atoms. The van der Waals surface area contributed by atoms with Gasteiger partial charge in [0.2, 0.25) is 0 Å². The van der Waals surface area contributed by atoms with Gasteiger partial charge in [0.1, 0.15) is 6.79 Å². The van der Waals surface area contributed by atoms with Crippen LogP contribution in [0.25, 0.3) is 0 Å². The van der Waals surface area contributed by atoms with E-state index in [1.54, 1.807) is 13.8 Å². The number of carbonyl (C=O) groups excluding carboxylic acids is 1. The van der Waals surface area contributed by atoms with Gasteiger partial charge in [-0.3, -0.25) is 4.79 Å². The van der Waals surface area contributed by atoms with Crippen LogP contribution in [0.15, 0.2) is 72.8 Å². The van der Waals surface area contributed by atoms with Crippen molar-refractivity contribution in [1.29, 1.82) is 0 Å². The number of benzene rings is 2. The molecule has 0 spiro atoms. The van der Waals surface area contributed by atoms with Crippen molar-refractivity contribution in [2.45, 2.75) is 130 Å². The Kier molecular flexibility index (Phi) is 15.5. The fourth-order valence-electron chi connectivity index (χ4n) is 6.95. The summed E-state index contributed by atoms with van der Waals surface area (Å²) in [6, 6.07) is 21.6. The highest BCUT2D eigenvalue weighted by Gasteiger charge is 2.51. The Labute approximate surface area is 311 Å². The van der Waals surface area contributed by atoms with Crippen molar-refractivity contribution in [3.63, 3.8) is 0 Å². The third-order valence-corrected chi connectivity index (χ3v) is 20.7. The van der Waals surface area contributed by atoms with Crippen LogP contribution in [0.3, 0.4) is 0 Å². The molecule has 0 unspecified atom stereocenters. The van der Waals surface area contributed by atoms with Gasteiger partial charge in [0, 0.05) is 24.9 Å². The van der Waals surface area contributed by atoms with E-state index in [-0.39, 0.29) is 59.5 Å². The summed E-state index contributed by atoms with van der Waals surface area (Å²) in [7, 11) is -4.89. The van der Waals surface area contributed by atoms with Crippen molar-refractivity contribution in [2.24, 2.45) is 23.7 Å². The van der Waals surface area contributed by atoms with Crippen LogP contribution in [0, 0.1) is 23.7 Å². The average molecular weight is 741 g/mol. The Hall–Kier alpha value is -2.12. The Balaban J connectivity index is 1.88. The van der Waals surface area contributed by atoms with Crippen LogP contribution in [-0.4, -0.2) is 72.1 Å². The van der Waals surface area contributed by atoms with Gasteiger partial charge in [-0.1, -0.05) is 135 Å². The standard InChI is InChI=1S/C42H68O7Si2/c1-14-45-40(44)33(5)38(43)32(4)37-27-34(46-29-47-37)26-25-30(2)39(49-50(12,13)41(6,7)8)31(3)28-48-51(42(9,10)11,35-21-17-15-18-22-35)36-23-19-16-20-24-36/h15-26,30-34,37-39,43H,14,27-29H2,1-13H3/b26-25-/t30-,31-,32+,33-,34-,37+,38+,39-/m0/s1. The Morgan fingerprint density at radius 3 is 1.94 bits per heavy atom. The lowest BCUT2D eigenvalue weighted by Gasteiger charge is -2.45. The van der Waals surface area contributed by atoms with E-state index in [9.17, 15) is 9.90 Å². The van der Waals surface area contributed by atoms with E-state index in [1.165, 1.54) is 10.4 Å². The molecule has 7 nitrogen and oxygen atoms in total. The molecule has 51 heavy (non-hydrogen) atoms. The van der Waals surface area contributed by atoms with Gasteiger partial charge in [0.05, 0.1) is 36.9 Å². The number of ether oxygens (including phenoxy) is 3. The average Bonchev–Trinajstić information content (AvgIpc) is 3.08. The summed E-state index contributed by atoms with van der Waals surface area (Å²) in [5, 5.41) is 13.5. The fourth-order valence-corrected chi connectivity index (χ4v) is 13.1. The van der Waals surface area contributed by atoms with Gasteiger partial charge in [0.25, 0.3) is 8.32 Å². The number of hydrogen-bond donors (Lipinski definition) is 1. The first-order valence-electron chi connectivity index (χ1n) is 19.0. The molecule has 286 valence electrons. The van der Waals surface area contributed by atoms with Crippen molar-refractivity contribution < 1.29 is 33.0 Å². The van der Waals surface area contributed by atoms with Gasteiger partial charge in [-0.05, 0) is 53.3 Å². The highest BCUT2D eigenvalue weighted by atomic mass is 28.4. The number of aliphatic hydroxyl groups is 1. The zero-order chi connectivity index (χ0) is 38.2. The second-order valence-corrected chi connectivity index (χ2v) is 26.3. The number of carbonyl (C=O) groups is 1. The molecule has 1 aliphatic heterocycles. The first-order valence-corrected chi connectivity index (χ1v) is 23.8. The lowest BCUT2D eigenvalue weighted by Crippen LogP contribution is -2.67. The Morgan fingerprint density at radius 2 is 1.45 bits per heavy atom. The largest absolute Gasteiger partial charge is 0.466 e. The van der Waals surface area contributed by atoms with E-state index in [2.05, 4.69) is 141 Å². The van der Waals surface area contributed by atoms with Crippen molar-refractivity contribution in [3.8, 4) is 0 Å². The maximum absolute atomic E-state index is 12.3. The lowest BCUT2D eigenvalue weighted by molar-refractivity contribution is -0.189. The summed E-state index contributed by atoms with van der Waals surface area (Å²) in [6.45, 7) is 29.3. The molecule has 0 saturated carbocycles. The third kappa shape index (κ3) is 10.7. The van der Waals surface area contributed by atoms with Crippen molar-refractivity contribution in [3.05, 3.63) is 72.8 Å². The van der Waals surface area contributed by atoms with Crippen LogP contribution >= 0.6 is 0 Å². The summed E-state index contributed by atoms with van der Waals surface area (Å²) in [5.74, 6) is -1.12. The summed E-state index contributed by atoms with van der Waals surface area (Å²) in [6.07, 6.45) is 3.54. The second-order valence-electron chi connectivity index (χ2n) is 17.2. The maximum atomic E-state index is 12.3. The summed E-state index contributed by atoms with van der Waals surface area (Å²) in [4.78, 5) is 12.3. The topological polar surface area (TPSA) is 83.5 Å². The molecule has 8 atom stereocenters. The van der Waals surface area contributed by atoms with Crippen molar-refractivity contribution in [2.75, 3.05) is 20.0 Å². The molecular formula is C42H68O7Si2. The molecule has 3 rings (SSSR count). The number of aliphatic hydroxyl groups excluding tert-OH is 1. The molecule has 0 aliphatic carbocycles. The van der Waals surface area contributed by atoms with Gasteiger partial charge in [-0.25, -0.2) is 0 Å². The van der Waals surface area contributed by atoms with Crippen molar-refractivity contribution in [1.82, 2.24) is 0 Å². The minimum absolute atomic E-state index is 0.0436. The minimum Gasteiger partial charge on any atom is -0.466 e. The van der Waals surface area contributed by atoms with E-state index in [0.717, 1.165) is 0 Å². The smallest absolute Gasteiger partial charge is 0.311 e. The van der Waals surface area contributed by atoms with E-state index in [4.69, 9.17) is 23.1 Å². The molecule has 1 N–H and O–H groups in total. The van der Waals surface area contributed by atoms with Gasteiger partial charge in [-0.15, -0.1) is 0 Å². The first-order chi connectivity index (χ1) is 23.8. The van der Waals surface area contributed by atoms with E-state index in [1.807, 2.05) is 6.92 Å². The quantitative estimate of drug-likeness (QED) is 0.106. The third-order valence-electron chi connectivity index (χ3n) is 11.2. The van der Waals surface area contributed by atoms with Gasteiger partial charge in [0.15, 0.2) is 8.32 Å². The molecule has 1 fully saturated rings. The lowest BCUT2D eigenvalue weighted by atomic mass is 9.86. The summed E-state index contributed by atoms with van der Waals surface area (Å²) in [5.41, 5.74) is 0. The first kappa shape index (κ1) is 43.3. The zero-order valence-corrected chi connectivity index (χ0v) is 35.8. The summed E-state index contributed by atoms with van der Waals surface area (Å²) >= 11 is 0. The summed E-state index contributed by atoms with van der Waals surface area (Å²) < 4.78 is 31.8. The normalized spacial score (nSPS) is 21.5. The van der Waals surface area contributed by atoms with Crippen molar-refractivity contribution >= 4 is 33.0 Å². The van der Waals surface area contributed by atoms with Crippen LogP contribution in [0.5, 0.6) is 0 Å². The molecule has 0 radical (unpaired) electrons. The van der Waals surface area contributed by atoms with Crippen LogP contribution in [0.1, 0.15) is 82.6 Å². The zero-order valence-electron chi connectivity index (χ0n) is 33.8. The molecule has 9 heteroatoms. The molecular weight excluding hydrogens is 673 g/mol. The van der Waals surface area contributed by atoms with Gasteiger partial charge < -0.3 is 28.2 Å². The number of hydrogen-bond acceptors (Lipinski definition) is 7. The molecule has 2 aromatic rings. The van der Waals surface area contributed by atoms with E-state index < -0.39 is 34.6 Å². The van der Waals surface area contributed by atoms with Gasteiger partial charge in [-0.2, -0.15) is 0 Å². The predicted molar refractivity (Wildman–Crippen MR) is 213 cm³/mol. The Bertz CT molecular complexity index is 1330. The minimum atomic E-state index is -2.73. The van der Waals surface area contributed by atoms with E-state index >= 15 is 0 Å². The van der Waals surface area contributed by atoms with Crippen LogP contribution in [-0.2, 0) is 27.9 Å². The predicted octanol–water partition coefficient (Wildman–Crippen LogP) is 8.11. The van der Waals surface area contributed by atoms with Crippen LogP contribution in [0.2, 0.25) is 23.2 Å². The highest BCUT2D eigenvalue weighted by Crippen LogP contribution is 2.41. The maximum Gasteiger partial charge on any atom is 0.311 e. The molecule has 2 aromatic carbocycles. The molecule has 1 aliphatic rings. The monoisotopic (exact) mass is 740 g/mol. The highest BCUT2D eigenvalue weighted by molar-refractivity contribution is 6.99. The Morgan fingerprint density at radius 1 is 0.902 bits per heavy atom. The van der Waals surface area contributed by atoms with Gasteiger partial charge >= 0.3 is 5.97 Å². The number of esters is 1. The van der Waals surface area contributed by atoms with Crippen LogP contribution < -0.4 is 10.4 Å². The molecule has 1 saturated heterocycles. The second kappa shape index (κ2) is 18.3. The SMILES string of the molecule is CCOC(=O)[C@@H](C)[C@H](O)[C@H](C)[C@H]1C[C@H](/C=C\[C@H](C)[C@H](O[Si](C)(C)C(C)(C)C)[C@@H](C)CO[Si](c2ccccc2)(c2ccccc2)C(C)(C)C)OCO1.